The Labute approximate surface area is 131 Å². The molecule has 1 N–H and O–H groups in total. The average molecular weight is 348 g/mol. The van der Waals surface area contributed by atoms with Gasteiger partial charge in [-0.3, -0.25) is 4.79 Å². The van der Waals surface area contributed by atoms with Crippen molar-refractivity contribution in [2.45, 2.75) is 18.8 Å². The number of anilines is 1. The van der Waals surface area contributed by atoms with E-state index in [1.165, 1.54) is 6.07 Å². The third-order valence-electron chi connectivity index (χ3n) is 3.84. The molecule has 108 valence electrons. The number of rotatable bonds is 3. The van der Waals surface area contributed by atoms with Crippen molar-refractivity contribution < 1.29 is 9.18 Å². The van der Waals surface area contributed by atoms with Gasteiger partial charge in [-0.15, -0.1) is 0 Å². The summed E-state index contributed by atoms with van der Waals surface area (Å²) >= 11 is 3.16. The highest BCUT2D eigenvalue weighted by molar-refractivity contribution is 9.10. The largest absolute Gasteiger partial charge is 0.385 e. The lowest BCUT2D eigenvalue weighted by Crippen LogP contribution is -2.24. The normalized spacial score (nSPS) is 17.0. The van der Waals surface area contributed by atoms with Crippen molar-refractivity contribution in [1.29, 1.82) is 0 Å². The van der Waals surface area contributed by atoms with E-state index in [1.54, 1.807) is 12.1 Å². The van der Waals surface area contributed by atoms with Gasteiger partial charge in [0.2, 0.25) is 0 Å². The number of hydrogen-bond acceptors (Lipinski definition) is 2. The highest BCUT2D eigenvalue weighted by Crippen LogP contribution is 2.32. The molecule has 1 atom stereocenters. The van der Waals surface area contributed by atoms with Gasteiger partial charge in [0, 0.05) is 24.6 Å². The molecule has 1 aliphatic rings. The average Bonchev–Trinajstić information content (AvgIpc) is 2.50. The topological polar surface area (TPSA) is 29.1 Å². The van der Waals surface area contributed by atoms with E-state index in [9.17, 15) is 9.18 Å². The fourth-order valence-corrected chi connectivity index (χ4v) is 3.20. The molecule has 2 nitrogen and oxygen atoms in total. The molecule has 2 aromatic rings. The number of Topliss-reactive ketones (excluding diaryl/α,β-unsaturated/α-hetero) is 1. The van der Waals surface area contributed by atoms with Crippen LogP contribution in [0.15, 0.2) is 46.9 Å². The summed E-state index contributed by atoms with van der Waals surface area (Å²) in [4.78, 5) is 12.6. The zero-order chi connectivity index (χ0) is 14.8. The Balaban J connectivity index is 1.81. The molecule has 3 rings (SSSR count). The monoisotopic (exact) mass is 347 g/mol. The molecule has 0 radical (unpaired) electrons. The SMILES string of the molecule is O=C(Cc1ccc(F)c(Br)c1)C1CCNc2ccccc21. The van der Waals surface area contributed by atoms with Crippen molar-refractivity contribution >= 4 is 27.4 Å². The van der Waals surface area contributed by atoms with Gasteiger partial charge in [-0.1, -0.05) is 24.3 Å². The van der Waals surface area contributed by atoms with Gasteiger partial charge in [-0.2, -0.15) is 0 Å². The molecule has 0 saturated carbocycles. The van der Waals surface area contributed by atoms with Gasteiger partial charge >= 0.3 is 0 Å². The minimum absolute atomic E-state index is 0.0775. The smallest absolute Gasteiger partial charge is 0.144 e. The summed E-state index contributed by atoms with van der Waals surface area (Å²) in [7, 11) is 0. The molecule has 4 heteroatoms. The van der Waals surface area contributed by atoms with Gasteiger partial charge < -0.3 is 5.32 Å². The third-order valence-corrected chi connectivity index (χ3v) is 4.44. The summed E-state index contributed by atoms with van der Waals surface area (Å²) < 4.78 is 13.6. The van der Waals surface area contributed by atoms with E-state index >= 15 is 0 Å². The minimum Gasteiger partial charge on any atom is -0.385 e. The first-order chi connectivity index (χ1) is 10.1. The van der Waals surface area contributed by atoms with E-state index < -0.39 is 0 Å². The van der Waals surface area contributed by atoms with E-state index in [4.69, 9.17) is 0 Å². The summed E-state index contributed by atoms with van der Waals surface area (Å²) in [6.07, 6.45) is 1.14. The van der Waals surface area contributed by atoms with Crippen LogP contribution in [0.2, 0.25) is 0 Å². The number of halogens is 2. The van der Waals surface area contributed by atoms with Crippen molar-refractivity contribution in [3.8, 4) is 0 Å². The van der Waals surface area contributed by atoms with Crippen molar-refractivity contribution in [3.63, 3.8) is 0 Å². The number of para-hydroxylation sites is 1. The maximum Gasteiger partial charge on any atom is 0.144 e. The number of benzene rings is 2. The minimum atomic E-state index is -0.307. The van der Waals surface area contributed by atoms with Crippen LogP contribution in [0.25, 0.3) is 0 Å². The molecule has 2 aromatic carbocycles. The van der Waals surface area contributed by atoms with Crippen LogP contribution in [0, 0.1) is 5.82 Å². The zero-order valence-corrected chi connectivity index (χ0v) is 13.0. The van der Waals surface area contributed by atoms with E-state index in [1.807, 2.05) is 24.3 Å². The fourth-order valence-electron chi connectivity index (χ4n) is 2.78. The lowest BCUT2D eigenvalue weighted by Gasteiger charge is -2.25. The van der Waals surface area contributed by atoms with Crippen LogP contribution in [-0.2, 0) is 11.2 Å². The van der Waals surface area contributed by atoms with Gasteiger partial charge in [0.05, 0.1) is 4.47 Å². The standard InChI is InChI=1S/C17H15BrFNO/c18-14-9-11(5-6-15(14)19)10-17(21)13-7-8-20-16-4-2-1-3-12(13)16/h1-6,9,13,20H,7-8,10H2. The maximum absolute atomic E-state index is 13.2. The number of nitrogens with one attached hydrogen (secondary N) is 1. The van der Waals surface area contributed by atoms with Crippen molar-refractivity contribution in [2.24, 2.45) is 0 Å². The molecule has 1 heterocycles. The van der Waals surface area contributed by atoms with E-state index in [0.29, 0.717) is 10.9 Å². The second-order valence-corrected chi connectivity index (χ2v) is 6.10. The van der Waals surface area contributed by atoms with Gasteiger partial charge in [0.1, 0.15) is 11.6 Å². The molecule has 1 aliphatic heterocycles. The maximum atomic E-state index is 13.2. The summed E-state index contributed by atoms with van der Waals surface area (Å²) in [6.45, 7) is 0.806. The second kappa shape index (κ2) is 5.98. The summed E-state index contributed by atoms with van der Waals surface area (Å²) in [5.74, 6) is -0.202. The van der Waals surface area contributed by atoms with E-state index in [2.05, 4.69) is 21.2 Å². The first kappa shape index (κ1) is 14.3. The van der Waals surface area contributed by atoms with Crippen molar-refractivity contribution in [2.75, 3.05) is 11.9 Å². The quantitative estimate of drug-likeness (QED) is 0.896. The highest BCUT2D eigenvalue weighted by atomic mass is 79.9. The Morgan fingerprint density at radius 3 is 2.90 bits per heavy atom. The third kappa shape index (κ3) is 3.00. The number of hydrogen-bond donors (Lipinski definition) is 1. The highest BCUT2D eigenvalue weighted by Gasteiger charge is 2.25. The van der Waals surface area contributed by atoms with Crippen LogP contribution >= 0.6 is 15.9 Å². The van der Waals surface area contributed by atoms with Gasteiger partial charge in [-0.25, -0.2) is 4.39 Å². The molecule has 1 unspecified atom stereocenters. The Morgan fingerprint density at radius 2 is 2.10 bits per heavy atom. The first-order valence-corrected chi connectivity index (χ1v) is 7.74. The Bertz CT molecular complexity index is 686. The summed E-state index contributed by atoms with van der Waals surface area (Å²) in [6, 6.07) is 12.7. The Morgan fingerprint density at radius 1 is 1.29 bits per heavy atom. The molecule has 0 bridgehead atoms. The predicted octanol–water partition coefficient (Wildman–Crippen LogP) is 4.30. The Hall–Kier alpha value is -1.68. The first-order valence-electron chi connectivity index (χ1n) is 6.94. The lowest BCUT2D eigenvalue weighted by molar-refractivity contribution is -0.120. The molecule has 0 aromatic heterocycles. The molecule has 21 heavy (non-hydrogen) atoms. The summed E-state index contributed by atoms with van der Waals surface area (Å²) in [5.41, 5.74) is 2.95. The van der Waals surface area contributed by atoms with Crippen LogP contribution in [0.3, 0.4) is 0 Å². The molecule has 0 aliphatic carbocycles. The van der Waals surface area contributed by atoms with Crippen LogP contribution in [0.5, 0.6) is 0 Å². The van der Waals surface area contributed by atoms with Crippen LogP contribution in [-0.4, -0.2) is 12.3 Å². The summed E-state index contributed by atoms with van der Waals surface area (Å²) in [5, 5.41) is 3.32. The number of carbonyl (C=O) groups is 1. The van der Waals surface area contributed by atoms with Crippen LogP contribution in [0.4, 0.5) is 10.1 Å². The van der Waals surface area contributed by atoms with E-state index in [-0.39, 0.29) is 17.5 Å². The predicted molar refractivity (Wildman–Crippen MR) is 85.1 cm³/mol. The lowest BCUT2D eigenvalue weighted by atomic mass is 9.85. The van der Waals surface area contributed by atoms with Gasteiger partial charge in [0.25, 0.3) is 0 Å². The Kier molecular flexibility index (Phi) is 4.06. The van der Waals surface area contributed by atoms with Crippen molar-refractivity contribution in [1.82, 2.24) is 0 Å². The fraction of sp³-hybridized carbons (Fsp3) is 0.235. The molecule has 0 amide bonds. The van der Waals surface area contributed by atoms with Crippen molar-refractivity contribution in [3.05, 3.63) is 63.9 Å². The number of carbonyl (C=O) groups excluding carboxylic acids is 1. The molecule has 0 spiro atoms. The van der Waals surface area contributed by atoms with Crippen LogP contribution in [0.1, 0.15) is 23.5 Å². The van der Waals surface area contributed by atoms with Crippen LogP contribution < -0.4 is 5.32 Å². The number of ketones is 1. The van der Waals surface area contributed by atoms with Gasteiger partial charge in [0.15, 0.2) is 0 Å². The molecular formula is C17H15BrFNO. The molecular weight excluding hydrogens is 333 g/mol. The molecule has 0 saturated heterocycles. The zero-order valence-electron chi connectivity index (χ0n) is 11.4. The van der Waals surface area contributed by atoms with Gasteiger partial charge in [-0.05, 0) is 51.7 Å². The molecule has 0 fully saturated rings. The second-order valence-electron chi connectivity index (χ2n) is 5.25. The number of fused-ring (bicyclic) bond motifs is 1. The van der Waals surface area contributed by atoms with E-state index in [0.717, 1.165) is 29.8 Å².